The van der Waals surface area contributed by atoms with Crippen LogP contribution in [0.5, 0.6) is 0 Å². The lowest BCUT2D eigenvalue weighted by atomic mass is 9.96. The van der Waals surface area contributed by atoms with E-state index in [1.54, 1.807) is 14.2 Å². The zero-order valence-corrected chi connectivity index (χ0v) is 12.1. The van der Waals surface area contributed by atoms with E-state index < -0.39 is 0 Å². The number of hydrogen-bond donors (Lipinski definition) is 1. The van der Waals surface area contributed by atoms with Crippen LogP contribution in [-0.4, -0.2) is 33.1 Å². The van der Waals surface area contributed by atoms with Crippen molar-refractivity contribution in [3.63, 3.8) is 0 Å². The molecule has 102 valence electrons. The Kier molecular flexibility index (Phi) is 6.33. The highest BCUT2D eigenvalue weighted by atomic mass is 16.7. The minimum absolute atomic E-state index is 0.171. The molecule has 1 rings (SSSR count). The van der Waals surface area contributed by atoms with Gasteiger partial charge in [0, 0.05) is 14.2 Å². The minimum atomic E-state index is -0.219. The number of hydrogen-bond acceptors (Lipinski definition) is 3. The van der Waals surface area contributed by atoms with Crippen LogP contribution in [-0.2, 0) is 15.9 Å². The SMILES string of the molecule is CCNC(Cc1c(C)cccc1C)C(OC)OC. The molecule has 3 nitrogen and oxygen atoms in total. The molecule has 0 spiro atoms. The zero-order chi connectivity index (χ0) is 13.5. The van der Waals surface area contributed by atoms with Crippen molar-refractivity contribution in [3.05, 3.63) is 34.9 Å². The van der Waals surface area contributed by atoms with Gasteiger partial charge in [-0.25, -0.2) is 0 Å². The van der Waals surface area contributed by atoms with Gasteiger partial charge in [-0.3, -0.25) is 0 Å². The highest BCUT2D eigenvalue weighted by Crippen LogP contribution is 2.17. The van der Waals surface area contributed by atoms with Gasteiger partial charge in [0.25, 0.3) is 0 Å². The Morgan fingerprint density at radius 1 is 1.11 bits per heavy atom. The van der Waals surface area contributed by atoms with E-state index in [4.69, 9.17) is 9.47 Å². The van der Waals surface area contributed by atoms with Crippen molar-refractivity contribution in [3.8, 4) is 0 Å². The van der Waals surface area contributed by atoms with Crippen LogP contribution < -0.4 is 5.32 Å². The van der Waals surface area contributed by atoms with Crippen LogP contribution in [0.3, 0.4) is 0 Å². The van der Waals surface area contributed by atoms with Gasteiger partial charge in [0.1, 0.15) is 0 Å². The summed E-state index contributed by atoms with van der Waals surface area (Å²) in [6, 6.07) is 6.57. The van der Waals surface area contributed by atoms with E-state index in [9.17, 15) is 0 Å². The summed E-state index contributed by atoms with van der Waals surface area (Å²) >= 11 is 0. The third kappa shape index (κ3) is 3.80. The van der Waals surface area contributed by atoms with Crippen molar-refractivity contribution in [1.29, 1.82) is 0 Å². The Bertz CT molecular complexity index is 341. The number of methoxy groups -OCH3 is 2. The largest absolute Gasteiger partial charge is 0.354 e. The molecule has 1 unspecified atom stereocenters. The summed E-state index contributed by atoms with van der Waals surface area (Å²) in [7, 11) is 3.37. The van der Waals surface area contributed by atoms with Crippen molar-refractivity contribution in [2.24, 2.45) is 0 Å². The highest BCUT2D eigenvalue weighted by molar-refractivity contribution is 5.34. The number of likely N-dealkylation sites (N-methyl/N-ethyl adjacent to an activating group) is 1. The minimum Gasteiger partial charge on any atom is -0.354 e. The second-order valence-electron chi connectivity index (χ2n) is 4.58. The summed E-state index contributed by atoms with van der Waals surface area (Å²) < 4.78 is 10.8. The van der Waals surface area contributed by atoms with Crippen molar-refractivity contribution < 1.29 is 9.47 Å². The lowest BCUT2D eigenvalue weighted by Crippen LogP contribution is -2.43. The molecule has 1 aromatic carbocycles. The standard InChI is InChI=1S/C15H25NO2/c1-6-16-14(15(17-4)18-5)10-13-11(2)8-7-9-12(13)3/h7-9,14-16H,6,10H2,1-5H3. The molecule has 0 aliphatic carbocycles. The first-order valence-electron chi connectivity index (χ1n) is 6.48. The fourth-order valence-electron chi connectivity index (χ4n) is 2.34. The molecule has 0 aliphatic rings. The first-order valence-corrected chi connectivity index (χ1v) is 6.48. The monoisotopic (exact) mass is 251 g/mol. The van der Waals surface area contributed by atoms with Crippen molar-refractivity contribution in [1.82, 2.24) is 5.32 Å². The van der Waals surface area contributed by atoms with Crippen LogP contribution >= 0.6 is 0 Å². The molecule has 0 radical (unpaired) electrons. The second kappa shape index (κ2) is 7.52. The van der Waals surface area contributed by atoms with Crippen molar-refractivity contribution in [2.45, 2.75) is 39.5 Å². The third-order valence-electron chi connectivity index (χ3n) is 3.33. The van der Waals surface area contributed by atoms with Gasteiger partial charge in [0.15, 0.2) is 6.29 Å². The molecule has 1 atom stereocenters. The fraction of sp³-hybridized carbons (Fsp3) is 0.600. The molecule has 1 aromatic rings. The molecular weight excluding hydrogens is 226 g/mol. The van der Waals surface area contributed by atoms with Crippen LogP contribution in [0.4, 0.5) is 0 Å². The van der Waals surface area contributed by atoms with E-state index in [2.05, 4.69) is 44.3 Å². The Balaban J connectivity index is 2.89. The molecule has 18 heavy (non-hydrogen) atoms. The summed E-state index contributed by atoms with van der Waals surface area (Å²) in [5, 5.41) is 3.44. The predicted octanol–water partition coefficient (Wildman–Crippen LogP) is 2.44. The van der Waals surface area contributed by atoms with Gasteiger partial charge in [0.2, 0.25) is 0 Å². The van der Waals surface area contributed by atoms with Crippen LogP contribution in [0.15, 0.2) is 18.2 Å². The summed E-state index contributed by atoms with van der Waals surface area (Å²) in [6.07, 6.45) is 0.697. The molecule has 0 aliphatic heterocycles. The Hall–Kier alpha value is -0.900. The number of nitrogens with one attached hydrogen (secondary N) is 1. The Morgan fingerprint density at radius 3 is 2.11 bits per heavy atom. The Labute approximate surface area is 110 Å². The van der Waals surface area contributed by atoms with E-state index in [-0.39, 0.29) is 12.3 Å². The van der Waals surface area contributed by atoms with E-state index in [0.717, 1.165) is 13.0 Å². The zero-order valence-electron chi connectivity index (χ0n) is 12.1. The molecule has 0 bridgehead atoms. The van der Waals surface area contributed by atoms with Gasteiger partial charge in [-0.2, -0.15) is 0 Å². The molecule has 0 heterocycles. The lowest BCUT2D eigenvalue weighted by molar-refractivity contribution is -0.122. The summed E-state index contributed by atoms with van der Waals surface area (Å²) in [4.78, 5) is 0. The van der Waals surface area contributed by atoms with Crippen LogP contribution in [0.2, 0.25) is 0 Å². The highest BCUT2D eigenvalue weighted by Gasteiger charge is 2.21. The van der Waals surface area contributed by atoms with E-state index >= 15 is 0 Å². The van der Waals surface area contributed by atoms with Gasteiger partial charge in [0.05, 0.1) is 6.04 Å². The third-order valence-corrected chi connectivity index (χ3v) is 3.33. The molecule has 1 N–H and O–H groups in total. The van der Waals surface area contributed by atoms with E-state index in [1.807, 2.05) is 0 Å². The van der Waals surface area contributed by atoms with Crippen molar-refractivity contribution >= 4 is 0 Å². The molecule has 0 saturated heterocycles. The second-order valence-corrected chi connectivity index (χ2v) is 4.58. The quantitative estimate of drug-likeness (QED) is 0.755. The van der Waals surface area contributed by atoms with Crippen molar-refractivity contribution in [2.75, 3.05) is 20.8 Å². The average Bonchev–Trinajstić information content (AvgIpc) is 2.35. The number of aryl methyl sites for hydroxylation is 2. The topological polar surface area (TPSA) is 30.5 Å². The Morgan fingerprint density at radius 2 is 1.67 bits per heavy atom. The number of ether oxygens (including phenoxy) is 2. The van der Waals surface area contributed by atoms with E-state index in [0.29, 0.717) is 0 Å². The first kappa shape index (κ1) is 15.2. The molecular formula is C15H25NO2. The maximum Gasteiger partial charge on any atom is 0.172 e. The predicted molar refractivity (Wildman–Crippen MR) is 74.9 cm³/mol. The van der Waals surface area contributed by atoms with Gasteiger partial charge in [-0.15, -0.1) is 0 Å². The summed E-state index contributed by atoms with van der Waals surface area (Å²) in [5.74, 6) is 0. The molecule has 0 aromatic heterocycles. The maximum absolute atomic E-state index is 5.38. The van der Waals surface area contributed by atoms with Gasteiger partial charge < -0.3 is 14.8 Å². The van der Waals surface area contributed by atoms with E-state index in [1.165, 1.54) is 16.7 Å². The molecule has 0 amide bonds. The van der Waals surface area contributed by atoms with Gasteiger partial charge >= 0.3 is 0 Å². The van der Waals surface area contributed by atoms with Gasteiger partial charge in [-0.1, -0.05) is 25.1 Å². The fourth-order valence-corrected chi connectivity index (χ4v) is 2.34. The normalized spacial score (nSPS) is 13.0. The summed E-state index contributed by atoms with van der Waals surface area (Å²) in [5.41, 5.74) is 4.02. The smallest absolute Gasteiger partial charge is 0.172 e. The van der Waals surface area contributed by atoms with Crippen LogP contribution in [0, 0.1) is 13.8 Å². The maximum atomic E-state index is 5.38. The number of rotatable bonds is 7. The van der Waals surface area contributed by atoms with Crippen LogP contribution in [0.1, 0.15) is 23.6 Å². The summed E-state index contributed by atoms with van der Waals surface area (Å²) in [6.45, 7) is 7.30. The van der Waals surface area contributed by atoms with Crippen LogP contribution in [0.25, 0.3) is 0 Å². The average molecular weight is 251 g/mol. The molecule has 3 heteroatoms. The van der Waals surface area contributed by atoms with Gasteiger partial charge in [-0.05, 0) is 43.5 Å². The molecule has 0 fully saturated rings. The molecule has 0 saturated carbocycles. The lowest BCUT2D eigenvalue weighted by Gasteiger charge is -2.26. The number of benzene rings is 1. The first-order chi connectivity index (χ1) is 8.63.